The van der Waals surface area contributed by atoms with E-state index in [1.165, 1.54) is 6.20 Å². The Kier molecular flexibility index (Phi) is 4.90. The Hall–Kier alpha value is -1.62. The number of pyridine rings is 1. The fraction of sp³-hybridized carbons (Fsp3) is 0.500. The number of nitrogens with one attached hydrogen (secondary N) is 2. The summed E-state index contributed by atoms with van der Waals surface area (Å²) < 4.78 is 0. The molecule has 0 aliphatic heterocycles. The van der Waals surface area contributed by atoms with E-state index in [0.29, 0.717) is 11.6 Å². The predicted octanol–water partition coefficient (Wildman–Crippen LogP) is 1.01. The number of hydrogen-bond acceptors (Lipinski definition) is 4. The van der Waals surface area contributed by atoms with Crippen LogP contribution in [0.2, 0.25) is 0 Å². The van der Waals surface area contributed by atoms with Gasteiger partial charge in [-0.15, -0.1) is 0 Å². The average molecular weight is 237 g/mol. The minimum Gasteiger partial charge on any atom is -0.392 e. The summed E-state index contributed by atoms with van der Waals surface area (Å²) in [6.45, 7) is 5.90. The number of carbonyl (C=O) groups is 1. The number of hydrogen-bond donors (Lipinski definition) is 3. The van der Waals surface area contributed by atoms with E-state index in [1.807, 2.05) is 13.8 Å². The monoisotopic (exact) mass is 237 g/mol. The molecule has 0 saturated heterocycles. The Balaban J connectivity index is 2.57. The van der Waals surface area contributed by atoms with Gasteiger partial charge < -0.3 is 15.7 Å². The molecule has 0 saturated carbocycles. The zero-order valence-electron chi connectivity index (χ0n) is 10.4. The number of aliphatic hydroxyl groups is 1. The molecule has 94 valence electrons. The second kappa shape index (κ2) is 6.20. The van der Waals surface area contributed by atoms with Gasteiger partial charge in [0.1, 0.15) is 5.82 Å². The number of amides is 1. The van der Waals surface area contributed by atoms with Crippen LogP contribution >= 0.6 is 0 Å². The Morgan fingerprint density at radius 3 is 2.59 bits per heavy atom. The van der Waals surface area contributed by atoms with Gasteiger partial charge in [-0.2, -0.15) is 0 Å². The van der Waals surface area contributed by atoms with Crippen molar-refractivity contribution < 1.29 is 9.90 Å². The molecule has 0 aliphatic carbocycles. The summed E-state index contributed by atoms with van der Waals surface area (Å²) in [5.74, 6) is 0.515. The number of aliphatic hydroxyl groups excluding tert-OH is 1. The fourth-order valence-corrected chi connectivity index (χ4v) is 1.25. The van der Waals surface area contributed by atoms with E-state index >= 15 is 0 Å². The molecule has 1 amide bonds. The molecule has 0 spiro atoms. The van der Waals surface area contributed by atoms with Crippen molar-refractivity contribution in [3.05, 3.63) is 23.9 Å². The molecule has 1 heterocycles. The molecule has 0 radical (unpaired) electrons. The van der Waals surface area contributed by atoms with E-state index in [2.05, 4.69) is 15.6 Å². The van der Waals surface area contributed by atoms with Gasteiger partial charge in [0.2, 0.25) is 0 Å². The fourth-order valence-electron chi connectivity index (χ4n) is 1.25. The van der Waals surface area contributed by atoms with Gasteiger partial charge in [0.25, 0.3) is 5.91 Å². The minimum atomic E-state index is -0.547. The first-order valence-electron chi connectivity index (χ1n) is 5.68. The van der Waals surface area contributed by atoms with Gasteiger partial charge in [-0.25, -0.2) is 4.98 Å². The van der Waals surface area contributed by atoms with Crippen molar-refractivity contribution in [3.63, 3.8) is 0 Å². The van der Waals surface area contributed by atoms with Crippen LogP contribution in [-0.4, -0.2) is 34.7 Å². The van der Waals surface area contributed by atoms with Crippen molar-refractivity contribution >= 4 is 11.7 Å². The van der Waals surface area contributed by atoms with Crippen LogP contribution in [0.25, 0.3) is 0 Å². The number of rotatable bonds is 5. The van der Waals surface area contributed by atoms with Crippen LogP contribution in [0.3, 0.4) is 0 Å². The highest BCUT2D eigenvalue weighted by molar-refractivity contribution is 5.94. The molecule has 0 aliphatic rings. The van der Waals surface area contributed by atoms with E-state index in [9.17, 15) is 4.79 Å². The van der Waals surface area contributed by atoms with Crippen molar-refractivity contribution in [3.8, 4) is 0 Å². The Bertz CT molecular complexity index is 361. The lowest BCUT2D eigenvalue weighted by Crippen LogP contribution is -2.30. The van der Waals surface area contributed by atoms with Crippen molar-refractivity contribution in [2.75, 3.05) is 11.9 Å². The molecule has 1 aromatic rings. The SMILES string of the molecule is CC(O)CNC(=O)c1ccc(NC(C)C)nc1. The third kappa shape index (κ3) is 4.82. The van der Waals surface area contributed by atoms with E-state index in [0.717, 1.165) is 5.82 Å². The van der Waals surface area contributed by atoms with Gasteiger partial charge in [-0.3, -0.25) is 4.79 Å². The Morgan fingerprint density at radius 1 is 1.41 bits per heavy atom. The Morgan fingerprint density at radius 2 is 2.12 bits per heavy atom. The minimum absolute atomic E-state index is 0.227. The first-order valence-corrected chi connectivity index (χ1v) is 5.68. The molecule has 1 rings (SSSR count). The summed E-state index contributed by atoms with van der Waals surface area (Å²) in [4.78, 5) is 15.7. The lowest BCUT2D eigenvalue weighted by molar-refractivity contribution is 0.0923. The molecular formula is C12H19N3O2. The topological polar surface area (TPSA) is 74.2 Å². The molecule has 17 heavy (non-hydrogen) atoms. The number of anilines is 1. The number of aromatic nitrogens is 1. The highest BCUT2D eigenvalue weighted by atomic mass is 16.3. The van der Waals surface area contributed by atoms with Crippen LogP contribution in [-0.2, 0) is 0 Å². The normalized spacial score (nSPS) is 12.3. The van der Waals surface area contributed by atoms with Gasteiger partial charge >= 0.3 is 0 Å². The molecule has 0 fully saturated rings. The second-order valence-corrected chi connectivity index (χ2v) is 4.29. The zero-order chi connectivity index (χ0) is 12.8. The second-order valence-electron chi connectivity index (χ2n) is 4.29. The molecule has 0 bridgehead atoms. The lowest BCUT2D eigenvalue weighted by Gasteiger charge is -2.10. The quantitative estimate of drug-likeness (QED) is 0.714. The van der Waals surface area contributed by atoms with Gasteiger partial charge in [0, 0.05) is 18.8 Å². The standard InChI is InChI=1S/C12H19N3O2/c1-8(2)15-11-5-4-10(7-13-11)12(17)14-6-9(3)16/h4-5,7-9,16H,6H2,1-3H3,(H,13,15)(H,14,17). The van der Waals surface area contributed by atoms with Crippen LogP contribution in [0.5, 0.6) is 0 Å². The van der Waals surface area contributed by atoms with Crippen molar-refractivity contribution in [2.45, 2.75) is 32.9 Å². The summed E-state index contributed by atoms with van der Waals surface area (Å²) in [5.41, 5.74) is 0.486. The van der Waals surface area contributed by atoms with Gasteiger partial charge in [0.05, 0.1) is 11.7 Å². The molecule has 5 nitrogen and oxygen atoms in total. The molecule has 5 heteroatoms. The average Bonchev–Trinajstić information content (AvgIpc) is 2.26. The number of carbonyl (C=O) groups excluding carboxylic acids is 1. The van der Waals surface area contributed by atoms with Crippen LogP contribution in [0.4, 0.5) is 5.82 Å². The molecule has 0 aromatic carbocycles. The third-order valence-corrected chi connectivity index (χ3v) is 2.02. The highest BCUT2D eigenvalue weighted by Crippen LogP contribution is 2.06. The molecule has 1 atom stereocenters. The van der Waals surface area contributed by atoms with E-state index in [1.54, 1.807) is 19.1 Å². The highest BCUT2D eigenvalue weighted by Gasteiger charge is 2.07. The van der Waals surface area contributed by atoms with E-state index < -0.39 is 6.10 Å². The van der Waals surface area contributed by atoms with Crippen molar-refractivity contribution in [1.29, 1.82) is 0 Å². The summed E-state index contributed by atoms with van der Waals surface area (Å²) in [6, 6.07) is 3.77. The first-order chi connectivity index (χ1) is 7.99. The zero-order valence-corrected chi connectivity index (χ0v) is 10.4. The van der Waals surface area contributed by atoms with Crippen molar-refractivity contribution in [1.82, 2.24) is 10.3 Å². The summed E-state index contributed by atoms with van der Waals surface area (Å²) in [5, 5.41) is 14.8. The maximum atomic E-state index is 11.6. The summed E-state index contributed by atoms with van der Waals surface area (Å²) in [7, 11) is 0. The smallest absolute Gasteiger partial charge is 0.252 e. The number of nitrogens with zero attached hydrogens (tertiary/aromatic N) is 1. The Labute approximate surface area is 101 Å². The van der Waals surface area contributed by atoms with Crippen LogP contribution in [0.1, 0.15) is 31.1 Å². The van der Waals surface area contributed by atoms with Crippen LogP contribution in [0.15, 0.2) is 18.3 Å². The van der Waals surface area contributed by atoms with Gasteiger partial charge in [0.15, 0.2) is 0 Å². The molecule has 1 aromatic heterocycles. The molecular weight excluding hydrogens is 218 g/mol. The lowest BCUT2D eigenvalue weighted by atomic mass is 10.2. The largest absolute Gasteiger partial charge is 0.392 e. The summed E-state index contributed by atoms with van der Waals surface area (Å²) >= 11 is 0. The molecule has 1 unspecified atom stereocenters. The first kappa shape index (κ1) is 13.4. The maximum Gasteiger partial charge on any atom is 0.252 e. The van der Waals surface area contributed by atoms with Gasteiger partial charge in [-0.1, -0.05) is 0 Å². The maximum absolute atomic E-state index is 11.6. The van der Waals surface area contributed by atoms with Crippen LogP contribution < -0.4 is 10.6 Å². The third-order valence-electron chi connectivity index (χ3n) is 2.02. The van der Waals surface area contributed by atoms with E-state index in [4.69, 9.17) is 5.11 Å². The van der Waals surface area contributed by atoms with E-state index in [-0.39, 0.29) is 12.5 Å². The van der Waals surface area contributed by atoms with Crippen LogP contribution in [0, 0.1) is 0 Å². The van der Waals surface area contributed by atoms with Gasteiger partial charge in [-0.05, 0) is 32.9 Å². The molecule has 3 N–H and O–H groups in total. The summed E-state index contributed by atoms with van der Waals surface area (Å²) in [6.07, 6.45) is 0.969. The van der Waals surface area contributed by atoms with Crippen molar-refractivity contribution in [2.24, 2.45) is 0 Å². The predicted molar refractivity (Wildman–Crippen MR) is 67.0 cm³/mol.